The van der Waals surface area contributed by atoms with E-state index in [0.29, 0.717) is 16.8 Å². The Bertz CT molecular complexity index is 681. The van der Waals surface area contributed by atoms with Crippen LogP contribution < -0.4 is 10.6 Å². The van der Waals surface area contributed by atoms with Gasteiger partial charge in [-0.05, 0) is 42.8 Å². The van der Waals surface area contributed by atoms with Gasteiger partial charge < -0.3 is 10.6 Å². The number of carbonyl (C=O) groups excluding carboxylic acids is 2. The van der Waals surface area contributed by atoms with Gasteiger partial charge >= 0.3 is 0 Å². The summed E-state index contributed by atoms with van der Waals surface area (Å²) < 4.78 is 13.9. The van der Waals surface area contributed by atoms with Gasteiger partial charge in [0.1, 0.15) is 5.82 Å². The summed E-state index contributed by atoms with van der Waals surface area (Å²) >= 11 is 0. The summed E-state index contributed by atoms with van der Waals surface area (Å²) in [4.78, 5) is 23.4. The lowest BCUT2D eigenvalue weighted by atomic mass is 10.1. The molecular weight excluding hydrogens is 271 g/mol. The number of anilines is 1. The Balaban J connectivity index is 2.16. The van der Waals surface area contributed by atoms with E-state index in [9.17, 15) is 14.0 Å². The van der Waals surface area contributed by atoms with Crippen molar-refractivity contribution in [1.82, 2.24) is 5.32 Å². The Morgan fingerprint density at radius 1 is 1.00 bits per heavy atom. The molecule has 0 atom stereocenters. The largest absolute Gasteiger partial charge is 0.355 e. The van der Waals surface area contributed by atoms with E-state index in [1.165, 1.54) is 6.07 Å². The number of hydrogen-bond acceptors (Lipinski definition) is 2. The number of rotatable bonds is 3. The molecule has 0 aromatic heterocycles. The SMILES string of the molecule is CNC(=O)c1ccc(NC(=O)c2cccc(C)c2F)cc1. The van der Waals surface area contributed by atoms with E-state index in [1.54, 1.807) is 50.4 Å². The first-order chi connectivity index (χ1) is 10.0. The Kier molecular flexibility index (Phi) is 4.33. The van der Waals surface area contributed by atoms with Crippen LogP contribution >= 0.6 is 0 Å². The quantitative estimate of drug-likeness (QED) is 0.911. The summed E-state index contributed by atoms with van der Waals surface area (Å²) in [6, 6.07) is 11.0. The molecule has 2 rings (SSSR count). The molecule has 0 aliphatic heterocycles. The zero-order chi connectivity index (χ0) is 15.4. The molecule has 4 nitrogen and oxygen atoms in total. The Hall–Kier alpha value is -2.69. The normalized spacial score (nSPS) is 10.0. The van der Waals surface area contributed by atoms with Crippen LogP contribution in [-0.4, -0.2) is 18.9 Å². The molecule has 0 aliphatic rings. The van der Waals surface area contributed by atoms with E-state index in [0.717, 1.165) is 0 Å². The van der Waals surface area contributed by atoms with Crippen molar-refractivity contribution < 1.29 is 14.0 Å². The minimum atomic E-state index is -0.531. The number of aryl methyl sites for hydroxylation is 1. The summed E-state index contributed by atoms with van der Waals surface area (Å²) in [6.45, 7) is 1.60. The Morgan fingerprint density at radius 2 is 1.67 bits per heavy atom. The van der Waals surface area contributed by atoms with Crippen LogP contribution in [0.5, 0.6) is 0 Å². The highest BCUT2D eigenvalue weighted by Gasteiger charge is 2.13. The zero-order valence-electron chi connectivity index (χ0n) is 11.7. The third-order valence-electron chi connectivity index (χ3n) is 3.07. The molecule has 2 N–H and O–H groups in total. The van der Waals surface area contributed by atoms with Crippen LogP contribution in [0, 0.1) is 12.7 Å². The lowest BCUT2D eigenvalue weighted by Crippen LogP contribution is -2.18. The third-order valence-corrected chi connectivity index (χ3v) is 3.07. The van der Waals surface area contributed by atoms with Crippen molar-refractivity contribution >= 4 is 17.5 Å². The van der Waals surface area contributed by atoms with Gasteiger partial charge in [-0.2, -0.15) is 0 Å². The van der Waals surface area contributed by atoms with Gasteiger partial charge in [0.2, 0.25) is 0 Å². The van der Waals surface area contributed by atoms with Crippen molar-refractivity contribution in [1.29, 1.82) is 0 Å². The van der Waals surface area contributed by atoms with Crippen LogP contribution in [0.2, 0.25) is 0 Å². The van der Waals surface area contributed by atoms with E-state index in [2.05, 4.69) is 10.6 Å². The van der Waals surface area contributed by atoms with Gasteiger partial charge in [0.05, 0.1) is 5.56 Å². The summed E-state index contributed by atoms with van der Waals surface area (Å²) in [5.41, 5.74) is 1.38. The number of carbonyl (C=O) groups is 2. The Morgan fingerprint density at radius 3 is 2.29 bits per heavy atom. The molecule has 2 aromatic rings. The van der Waals surface area contributed by atoms with Gasteiger partial charge in [-0.3, -0.25) is 9.59 Å². The highest BCUT2D eigenvalue weighted by Crippen LogP contribution is 2.15. The number of halogens is 1. The van der Waals surface area contributed by atoms with Gasteiger partial charge in [0.15, 0.2) is 0 Å². The van der Waals surface area contributed by atoms with Gasteiger partial charge in [-0.25, -0.2) is 4.39 Å². The first-order valence-electron chi connectivity index (χ1n) is 6.41. The van der Waals surface area contributed by atoms with E-state index >= 15 is 0 Å². The van der Waals surface area contributed by atoms with Gasteiger partial charge in [0.25, 0.3) is 11.8 Å². The van der Waals surface area contributed by atoms with E-state index in [4.69, 9.17) is 0 Å². The predicted octanol–water partition coefficient (Wildman–Crippen LogP) is 2.75. The molecule has 2 amide bonds. The molecular formula is C16H15FN2O2. The van der Waals surface area contributed by atoms with E-state index in [1.807, 2.05) is 0 Å². The maximum atomic E-state index is 13.9. The fourth-order valence-corrected chi connectivity index (χ4v) is 1.87. The summed E-state index contributed by atoms with van der Waals surface area (Å²) in [6.07, 6.45) is 0. The maximum absolute atomic E-state index is 13.9. The van der Waals surface area contributed by atoms with Gasteiger partial charge in [-0.15, -0.1) is 0 Å². The number of benzene rings is 2. The molecule has 0 saturated carbocycles. The van der Waals surface area contributed by atoms with Crippen LogP contribution in [0.15, 0.2) is 42.5 Å². The van der Waals surface area contributed by atoms with Crippen LogP contribution in [-0.2, 0) is 0 Å². The smallest absolute Gasteiger partial charge is 0.258 e. The number of amides is 2. The fraction of sp³-hybridized carbons (Fsp3) is 0.125. The van der Waals surface area contributed by atoms with Crippen LogP contribution in [0.3, 0.4) is 0 Å². The summed E-state index contributed by atoms with van der Waals surface area (Å²) in [7, 11) is 1.54. The van der Waals surface area contributed by atoms with Crippen molar-refractivity contribution in [3.63, 3.8) is 0 Å². The topological polar surface area (TPSA) is 58.2 Å². The standard InChI is InChI=1S/C16H15FN2O2/c1-10-4-3-5-13(14(10)17)16(21)19-12-8-6-11(7-9-12)15(20)18-2/h3-9H,1-2H3,(H,18,20)(H,19,21). The minimum absolute atomic E-state index is 0.00891. The molecule has 0 bridgehead atoms. The number of nitrogens with one attached hydrogen (secondary N) is 2. The van der Waals surface area contributed by atoms with Crippen LogP contribution in [0.1, 0.15) is 26.3 Å². The molecule has 0 saturated heterocycles. The third kappa shape index (κ3) is 3.25. The molecule has 2 aromatic carbocycles. The van der Waals surface area contributed by atoms with Crippen LogP contribution in [0.25, 0.3) is 0 Å². The summed E-state index contributed by atoms with van der Waals surface area (Å²) in [5, 5.41) is 5.10. The molecule has 0 fully saturated rings. The monoisotopic (exact) mass is 286 g/mol. The Labute approximate surface area is 122 Å². The van der Waals surface area contributed by atoms with Crippen molar-refractivity contribution in [3.8, 4) is 0 Å². The first-order valence-corrected chi connectivity index (χ1v) is 6.41. The van der Waals surface area contributed by atoms with Crippen molar-refractivity contribution in [2.45, 2.75) is 6.92 Å². The van der Waals surface area contributed by atoms with Crippen molar-refractivity contribution in [2.24, 2.45) is 0 Å². The highest BCUT2D eigenvalue weighted by atomic mass is 19.1. The minimum Gasteiger partial charge on any atom is -0.355 e. The predicted molar refractivity (Wildman–Crippen MR) is 78.9 cm³/mol. The molecule has 21 heavy (non-hydrogen) atoms. The lowest BCUT2D eigenvalue weighted by molar-refractivity contribution is 0.0962. The van der Waals surface area contributed by atoms with Gasteiger partial charge in [0, 0.05) is 18.3 Å². The molecule has 0 radical (unpaired) electrons. The average Bonchev–Trinajstić information content (AvgIpc) is 2.50. The second-order valence-corrected chi connectivity index (χ2v) is 4.55. The molecule has 0 spiro atoms. The van der Waals surface area contributed by atoms with Crippen LogP contribution in [0.4, 0.5) is 10.1 Å². The van der Waals surface area contributed by atoms with Crippen molar-refractivity contribution in [3.05, 3.63) is 65.0 Å². The first kappa shape index (κ1) is 14.7. The molecule has 108 valence electrons. The molecule has 0 aliphatic carbocycles. The van der Waals surface area contributed by atoms with E-state index in [-0.39, 0.29) is 11.5 Å². The van der Waals surface area contributed by atoms with Gasteiger partial charge in [-0.1, -0.05) is 12.1 Å². The van der Waals surface area contributed by atoms with Crippen molar-refractivity contribution in [2.75, 3.05) is 12.4 Å². The fourth-order valence-electron chi connectivity index (χ4n) is 1.87. The number of hydrogen-bond donors (Lipinski definition) is 2. The molecule has 0 heterocycles. The zero-order valence-corrected chi connectivity index (χ0v) is 11.7. The lowest BCUT2D eigenvalue weighted by Gasteiger charge is -2.08. The summed E-state index contributed by atoms with van der Waals surface area (Å²) in [5.74, 6) is -1.27. The second-order valence-electron chi connectivity index (χ2n) is 4.55. The second kappa shape index (κ2) is 6.17. The van der Waals surface area contributed by atoms with E-state index < -0.39 is 11.7 Å². The molecule has 0 unspecified atom stereocenters. The average molecular weight is 286 g/mol. The molecule has 5 heteroatoms. The highest BCUT2D eigenvalue weighted by molar-refractivity contribution is 6.04. The maximum Gasteiger partial charge on any atom is 0.258 e.